The Hall–Kier alpha value is 0.0400. The smallest absolute Gasteiger partial charge is 0.142 e. The third kappa shape index (κ3) is 3.27. The van der Waals surface area contributed by atoms with Crippen molar-refractivity contribution in [3.8, 4) is 0 Å². The molecule has 1 saturated carbocycles. The number of hydrogen-bond donors (Lipinski definition) is 0. The fourth-order valence-corrected chi connectivity index (χ4v) is 3.89. The standard InChI is InChI=1S/C12H19BrN2S/c1-2-3-4-9-5-7-10(8-6-9)11-14-15-12(13)16-11/h9-10H,2-8H2,1H3. The van der Waals surface area contributed by atoms with Crippen molar-refractivity contribution in [1.82, 2.24) is 10.2 Å². The maximum atomic E-state index is 4.25. The topological polar surface area (TPSA) is 25.8 Å². The summed E-state index contributed by atoms with van der Waals surface area (Å²) in [5.41, 5.74) is 0. The first-order valence-electron chi connectivity index (χ1n) is 6.28. The third-order valence-electron chi connectivity index (χ3n) is 3.58. The van der Waals surface area contributed by atoms with E-state index in [1.165, 1.54) is 50.0 Å². The van der Waals surface area contributed by atoms with Crippen molar-refractivity contribution in [2.24, 2.45) is 5.92 Å². The maximum Gasteiger partial charge on any atom is 0.183 e. The first-order valence-corrected chi connectivity index (χ1v) is 7.89. The van der Waals surface area contributed by atoms with E-state index >= 15 is 0 Å². The second kappa shape index (κ2) is 6.10. The number of halogens is 1. The van der Waals surface area contributed by atoms with Gasteiger partial charge in [0.15, 0.2) is 3.92 Å². The van der Waals surface area contributed by atoms with E-state index in [4.69, 9.17) is 0 Å². The monoisotopic (exact) mass is 302 g/mol. The van der Waals surface area contributed by atoms with Crippen LogP contribution >= 0.6 is 27.3 Å². The van der Waals surface area contributed by atoms with Crippen LogP contribution in [-0.4, -0.2) is 10.2 Å². The summed E-state index contributed by atoms with van der Waals surface area (Å²) in [5.74, 6) is 1.66. The largest absolute Gasteiger partial charge is 0.183 e. The third-order valence-corrected chi connectivity index (χ3v) is 5.10. The number of aromatic nitrogens is 2. The van der Waals surface area contributed by atoms with E-state index in [1.807, 2.05) is 0 Å². The molecule has 1 fully saturated rings. The van der Waals surface area contributed by atoms with Gasteiger partial charge < -0.3 is 0 Å². The van der Waals surface area contributed by atoms with Crippen molar-refractivity contribution < 1.29 is 0 Å². The normalized spacial score (nSPS) is 25.9. The predicted molar refractivity (Wildman–Crippen MR) is 71.8 cm³/mol. The molecule has 0 unspecified atom stereocenters. The van der Waals surface area contributed by atoms with Crippen LogP contribution in [0.1, 0.15) is 62.8 Å². The van der Waals surface area contributed by atoms with Crippen molar-refractivity contribution >= 4 is 27.3 Å². The summed E-state index contributed by atoms with van der Waals surface area (Å²) in [6.45, 7) is 2.28. The summed E-state index contributed by atoms with van der Waals surface area (Å²) in [5, 5.41) is 9.53. The number of nitrogens with zero attached hydrogens (tertiary/aromatic N) is 2. The van der Waals surface area contributed by atoms with E-state index in [2.05, 4.69) is 33.1 Å². The van der Waals surface area contributed by atoms with Crippen LogP contribution in [0.5, 0.6) is 0 Å². The average molecular weight is 303 g/mol. The molecule has 0 radical (unpaired) electrons. The van der Waals surface area contributed by atoms with Crippen molar-refractivity contribution in [1.29, 1.82) is 0 Å². The zero-order valence-electron chi connectivity index (χ0n) is 9.79. The van der Waals surface area contributed by atoms with Gasteiger partial charge in [-0.25, -0.2) is 0 Å². The fraction of sp³-hybridized carbons (Fsp3) is 0.833. The maximum absolute atomic E-state index is 4.25. The molecule has 1 aliphatic carbocycles. The second-order valence-corrected chi connectivity index (χ2v) is 7.04. The lowest BCUT2D eigenvalue weighted by atomic mass is 9.80. The van der Waals surface area contributed by atoms with Crippen molar-refractivity contribution in [3.63, 3.8) is 0 Å². The Labute approximate surface area is 110 Å². The fourth-order valence-electron chi connectivity index (χ4n) is 2.57. The quantitative estimate of drug-likeness (QED) is 0.801. The van der Waals surface area contributed by atoms with E-state index in [-0.39, 0.29) is 0 Å². The molecule has 0 atom stereocenters. The zero-order valence-corrected chi connectivity index (χ0v) is 12.2. The van der Waals surface area contributed by atoms with Gasteiger partial charge in [-0.05, 0) is 47.5 Å². The lowest BCUT2D eigenvalue weighted by Crippen LogP contribution is -2.13. The molecular weight excluding hydrogens is 284 g/mol. The highest BCUT2D eigenvalue weighted by Gasteiger charge is 2.24. The van der Waals surface area contributed by atoms with Gasteiger partial charge in [0.1, 0.15) is 5.01 Å². The molecule has 2 rings (SSSR count). The Balaban J connectivity index is 1.81. The molecule has 16 heavy (non-hydrogen) atoms. The number of rotatable bonds is 4. The summed E-state index contributed by atoms with van der Waals surface area (Å²) in [4.78, 5) is 0. The molecule has 0 spiro atoms. The Morgan fingerprint density at radius 3 is 2.56 bits per heavy atom. The molecule has 2 nitrogen and oxygen atoms in total. The van der Waals surface area contributed by atoms with Gasteiger partial charge in [-0.15, -0.1) is 10.2 Å². The van der Waals surface area contributed by atoms with Gasteiger partial charge in [-0.2, -0.15) is 0 Å². The SMILES string of the molecule is CCCCC1CCC(c2nnc(Br)s2)CC1. The molecule has 0 bridgehead atoms. The van der Waals surface area contributed by atoms with Crippen LogP contribution in [0.25, 0.3) is 0 Å². The minimum atomic E-state index is 0.682. The summed E-state index contributed by atoms with van der Waals surface area (Å²) in [6.07, 6.45) is 9.59. The Kier molecular flexibility index (Phi) is 4.77. The van der Waals surface area contributed by atoms with Crippen LogP contribution in [0.15, 0.2) is 3.92 Å². The van der Waals surface area contributed by atoms with Crippen molar-refractivity contribution in [2.45, 2.75) is 57.8 Å². The molecule has 0 saturated heterocycles. The molecule has 1 aliphatic rings. The Bertz CT molecular complexity index is 319. The van der Waals surface area contributed by atoms with Gasteiger partial charge in [-0.3, -0.25) is 0 Å². The molecule has 0 aromatic carbocycles. The summed E-state index contributed by atoms with van der Waals surface area (Å²) >= 11 is 5.10. The van der Waals surface area contributed by atoms with Crippen LogP contribution < -0.4 is 0 Å². The van der Waals surface area contributed by atoms with Crippen molar-refractivity contribution in [2.75, 3.05) is 0 Å². The minimum Gasteiger partial charge on any atom is -0.142 e. The van der Waals surface area contributed by atoms with Gasteiger partial charge >= 0.3 is 0 Å². The lowest BCUT2D eigenvalue weighted by molar-refractivity contribution is 0.303. The molecule has 90 valence electrons. The van der Waals surface area contributed by atoms with Crippen LogP contribution in [0.2, 0.25) is 0 Å². The van der Waals surface area contributed by atoms with Crippen LogP contribution in [-0.2, 0) is 0 Å². The minimum absolute atomic E-state index is 0.682. The second-order valence-electron chi connectivity index (χ2n) is 4.75. The van der Waals surface area contributed by atoms with E-state index in [0.29, 0.717) is 5.92 Å². The molecule has 0 aliphatic heterocycles. The predicted octanol–water partition coefficient (Wildman–Crippen LogP) is 4.76. The molecule has 0 amide bonds. The van der Waals surface area contributed by atoms with Gasteiger partial charge in [0, 0.05) is 5.92 Å². The molecule has 1 aromatic rings. The first kappa shape index (κ1) is 12.5. The van der Waals surface area contributed by atoms with Crippen LogP contribution in [0, 0.1) is 5.92 Å². The van der Waals surface area contributed by atoms with E-state index in [0.717, 1.165) is 9.83 Å². The summed E-state index contributed by atoms with van der Waals surface area (Å²) < 4.78 is 0.926. The highest BCUT2D eigenvalue weighted by molar-refractivity contribution is 9.11. The molecule has 1 heterocycles. The molecular formula is C12H19BrN2S. The van der Waals surface area contributed by atoms with E-state index < -0.39 is 0 Å². The van der Waals surface area contributed by atoms with Gasteiger partial charge in [-0.1, -0.05) is 37.5 Å². The number of unbranched alkanes of at least 4 members (excludes halogenated alkanes) is 1. The summed E-state index contributed by atoms with van der Waals surface area (Å²) in [6, 6.07) is 0. The molecule has 0 N–H and O–H groups in total. The highest BCUT2D eigenvalue weighted by Crippen LogP contribution is 2.39. The van der Waals surface area contributed by atoms with Gasteiger partial charge in [0.25, 0.3) is 0 Å². The average Bonchev–Trinajstić information content (AvgIpc) is 2.74. The molecule has 1 aromatic heterocycles. The van der Waals surface area contributed by atoms with Gasteiger partial charge in [0.2, 0.25) is 0 Å². The van der Waals surface area contributed by atoms with E-state index in [9.17, 15) is 0 Å². The van der Waals surface area contributed by atoms with Crippen LogP contribution in [0.3, 0.4) is 0 Å². The lowest BCUT2D eigenvalue weighted by Gasteiger charge is -2.26. The Morgan fingerprint density at radius 2 is 2.00 bits per heavy atom. The highest BCUT2D eigenvalue weighted by atomic mass is 79.9. The Morgan fingerprint density at radius 1 is 1.25 bits per heavy atom. The molecule has 4 heteroatoms. The van der Waals surface area contributed by atoms with Gasteiger partial charge in [0.05, 0.1) is 0 Å². The van der Waals surface area contributed by atoms with Crippen LogP contribution in [0.4, 0.5) is 0 Å². The first-order chi connectivity index (χ1) is 7.79. The van der Waals surface area contributed by atoms with E-state index in [1.54, 1.807) is 11.3 Å². The zero-order chi connectivity index (χ0) is 11.4. The number of hydrogen-bond acceptors (Lipinski definition) is 3. The summed E-state index contributed by atoms with van der Waals surface area (Å²) in [7, 11) is 0. The van der Waals surface area contributed by atoms with Crippen molar-refractivity contribution in [3.05, 3.63) is 8.92 Å².